The maximum atomic E-state index is 13.2. The van der Waals surface area contributed by atoms with Crippen LogP contribution in [-0.4, -0.2) is 95.7 Å². The second-order valence-corrected chi connectivity index (χ2v) is 9.99. The van der Waals surface area contributed by atoms with Crippen molar-refractivity contribution >= 4 is 17.7 Å². The Labute approximate surface area is 197 Å². The van der Waals surface area contributed by atoms with E-state index in [-0.39, 0.29) is 23.6 Å². The molecule has 7 heteroatoms. The maximum Gasteiger partial charge on any atom is 0.253 e. The number of hydrogen-bond acceptors (Lipinski definition) is 4. The second-order valence-electron chi connectivity index (χ2n) is 9.99. The molecule has 0 bridgehead atoms. The molecule has 3 saturated heterocycles. The molecular weight excluding hydrogens is 416 g/mol. The second kappa shape index (κ2) is 10.7. The number of nitrogens with zero attached hydrogens (tertiary/aromatic N) is 4. The van der Waals surface area contributed by atoms with Crippen molar-refractivity contribution in [2.24, 2.45) is 5.92 Å². The Morgan fingerprint density at radius 3 is 2.27 bits per heavy atom. The molecule has 0 aliphatic carbocycles. The van der Waals surface area contributed by atoms with Crippen LogP contribution in [-0.2, 0) is 9.59 Å². The zero-order chi connectivity index (χ0) is 23.4. The van der Waals surface area contributed by atoms with Crippen LogP contribution in [0.4, 0.5) is 0 Å². The van der Waals surface area contributed by atoms with Gasteiger partial charge in [0.15, 0.2) is 0 Å². The number of carbonyl (C=O) groups excluding carboxylic acids is 3. The highest BCUT2D eigenvalue weighted by Gasteiger charge is 2.33. The van der Waals surface area contributed by atoms with Gasteiger partial charge in [-0.2, -0.15) is 0 Å². The van der Waals surface area contributed by atoms with Crippen LogP contribution in [0, 0.1) is 12.8 Å². The molecule has 1 aromatic carbocycles. The van der Waals surface area contributed by atoms with Gasteiger partial charge in [0.25, 0.3) is 5.91 Å². The van der Waals surface area contributed by atoms with Crippen molar-refractivity contribution in [3.05, 3.63) is 35.4 Å². The van der Waals surface area contributed by atoms with E-state index in [1.165, 1.54) is 6.42 Å². The van der Waals surface area contributed by atoms with Gasteiger partial charge in [-0.15, -0.1) is 0 Å². The highest BCUT2D eigenvalue weighted by atomic mass is 16.2. The van der Waals surface area contributed by atoms with Gasteiger partial charge in [0, 0.05) is 57.4 Å². The largest absolute Gasteiger partial charge is 0.340 e. The minimum atomic E-state index is -0.129. The van der Waals surface area contributed by atoms with E-state index in [1.807, 2.05) is 45.9 Å². The van der Waals surface area contributed by atoms with Gasteiger partial charge in [0.1, 0.15) is 0 Å². The molecule has 0 radical (unpaired) electrons. The molecule has 33 heavy (non-hydrogen) atoms. The van der Waals surface area contributed by atoms with Crippen molar-refractivity contribution in [3.8, 4) is 0 Å². The molecule has 0 aromatic heterocycles. The van der Waals surface area contributed by atoms with Crippen molar-refractivity contribution < 1.29 is 14.4 Å². The molecule has 180 valence electrons. The fourth-order valence-corrected chi connectivity index (χ4v) is 5.38. The number of aryl methyl sites for hydroxylation is 1. The molecule has 3 aliphatic heterocycles. The van der Waals surface area contributed by atoms with Crippen LogP contribution in [0.1, 0.15) is 54.9 Å². The Kier molecular flexibility index (Phi) is 7.68. The smallest absolute Gasteiger partial charge is 0.253 e. The molecule has 2 unspecified atom stereocenters. The highest BCUT2D eigenvalue weighted by molar-refractivity contribution is 5.94. The number of piperazine rings is 1. The molecule has 4 rings (SSSR count). The SMILES string of the molecule is Cc1ccc(C(=O)N2CCCC(C(=O)N3CCN(CC(=O)N4CCCCC4C)CC3)C2)cc1. The first-order valence-corrected chi connectivity index (χ1v) is 12.6. The van der Waals surface area contributed by atoms with E-state index in [9.17, 15) is 14.4 Å². The molecule has 0 N–H and O–H groups in total. The van der Waals surface area contributed by atoms with Crippen molar-refractivity contribution in [3.63, 3.8) is 0 Å². The molecule has 3 aliphatic rings. The molecule has 2 atom stereocenters. The zero-order valence-electron chi connectivity index (χ0n) is 20.2. The molecule has 3 fully saturated rings. The number of carbonyl (C=O) groups is 3. The predicted molar refractivity (Wildman–Crippen MR) is 128 cm³/mol. The van der Waals surface area contributed by atoms with Crippen LogP contribution in [0.15, 0.2) is 24.3 Å². The average molecular weight is 455 g/mol. The minimum Gasteiger partial charge on any atom is -0.340 e. The summed E-state index contributed by atoms with van der Waals surface area (Å²) in [6, 6.07) is 7.99. The van der Waals surface area contributed by atoms with Gasteiger partial charge in [0.05, 0.1) is 12.5 Å². The quantitative estimate of drug-likeness (QED) is 0.701. The molecule has 1 aromatic rings. The fourth-order valence-electron chi connectivity index (χ4n) is 5.38. The minimum absolute atomic E-state index is 0.0165. The predicted octanol–water partition coefficient (Wildman–Crippen LogP) is 2.39. The summed E-state index contributed by atoms with van der Waals surface area (Å²) in [4.78, 5) is 46.9. The summed E-state index contributed by atoms with van der Waals surface area (Å²) in [6.45, 7) is 9.47. The molecule has 0 spiro atoms. The Morgan fingerprint density at radius 2 is 1.58 bits per heavy atom. The van der Waals surface area contributed by atoms with E-state index >= 15 is 0 Å². The molecule has 3 amide bonds. The lowest BCUT2D eigenvalue weighted by Gasteiger charge is -2.40. The lowest BCUT2D eigenvalue weighted by atomic mass is 9.95. The Bertz CT molecular complexity index is 848. The summed E-state index contributed by atoms with van der Waals surface area (Å²) in [5.41, 5.74) is 1.82. The molecule has 3 heterocycles. The third kappa shape index (κ3) is 5.75. The number of likely N-dealkylation sites (tertiary alicyclic amines) is 2. The van der Waals surface area contributed by atoms with Crippen LogP contribution < -0.4 is 0 Å². The summed E-state index contributed by atoms with van der Waals surface area (Å²) in [6.07, 6.45) is 5.10. The number of hydrogen-bond donors (Lipinski definition) is 0. The molecular formula is C26H38N4O3. The van der Waals surface area contributed by atoms with Crippen molar-refractivity contribution in [2.45, 2.75) is 52.0 Å². The van der Waals surface area contributed by atoms with Gasteiger partial charge in [0.2, 0.25) is 11.8 Å². The van der Waals surface area contributed by atoms with Crippen LogP contribution in [0.25, 0.3) is 0 Å². The lowest BCUT2D eigenvalue weighted by molar-refractivity contribution is -0.140. The number of piperidine rings is 2. The summed E-state index contributed by atoms with van der Waals surface area (Å²) >= 11 is 0. The van der Waals surface area contributed by atoms with Gasteiger partial charge in [-0.25, -0.2) is 0 Å². The first-order chi connectivity index (χ1) is 15.9. The van der Waals surface area contributed by atoms with Crippen molar-refractivity contribution in [2.75, 3.05) is 52.4 Å². The Morgan fingerprint density at radius 1 is 0.848 bits per heavy atom. The van der Waals surface area contributed by atoms with E-state index in [2.05, 4.69) is 11.8 Å². The lowest BCUT2D eigenvalue weighted by Crippen LogP contribution is -2.55. The third-order valence-electron chi connectivity index (χ3n) is 7.52. The Balaban J connectivity index is 1.26. The number of benzene rings is 1. The van der Waals surface area contributed by atoms with E-state index in [4.69, 9.17) is 0 Å². The first-order valence-electron chi connectivity index (χ1n) is 12.6. The van der Waals surface area contributed by atoms with Crippen LogP contribution in [0.3, 0.4) is 0 Å². The van der Waals surface area contributed by atoms with Gasteiger partial charge in [-0.3, -0.25) is 19.3 Å². The first kappa shape index (κ1) is 23.7. The van der Waals surface area contributed by atoms with Gasteiger partial charge in [-0.1, -0.05) is 17.7 Å². The topological polar surface area (TPSA) is 64.2 Å². The van der Waals surface area contributed by atoms with Crippen LogP contribution in [0.5, 0.6) is 0 Å². The highest BCUT2D eigenvalue weighted by Crippen LogP contribution is 2.22. The standard InChI is InChI=1S/C26H38N4O3/c1-20-8-10-22(11-9-20)25(32)29-12-5-7-23(18-29)26(33)28-16-14-27(15-17-28)19-24(31)30-13-4-3-6-21(30)2/h8-11,21,23H,3-7,12-19H2,1-2H3. The Hall–Kier alpha value is -2.41. The van der Waals surface area contributed by atoms with Crippen LogP contribution >= 0.6 is 0 Å². The van der Waals surface area contributed by atoms with Crippen molar-refractivity contribution in [1.82, 2.24) is 19.6 Å². The summed E-state index contributed by atoms with van der Waals surface area (Å²) in [7, 11) is 0. The number of rotatable bonds is 4. The normalized spacial score (nSPS) is 24.6. The monoisotopic (exact) mass is 454 g/mol. The average Bonchev–Trinajstić information content (AvgIpc) is 2.84. The van der Waals surface area contributed by atoms with Gasteiger partial charge >= 0.3 is 0 Å². The molecule has 0 saturated carbocycles. The summed E-state index contributed by atoms with van der Waals surface area (Å²) in [5.74, 6) is 0.268. The van der Waals surface area contributed by atoms with Crippen LogP contribution in [0.2, 0.25) is 0 Å². The zero-order valence-corrected chi connectivity index (χ0v) is 20.2. The van der Waals surface area contributed by atoms with Crippen molar-refractivity contribution in [1.29, 1.82) is 0 Å². The van der Waals surface area contributed by atoms with E-state index in [1.54, 1.807) is 0 Å². The molecule has 7 nitrogen and oxygen atoms in total. The van der Waals surface area contributed by atoms with E-state index < -0.39 is 0 Å². The fraction of sp³-hybridized carbons (Fsp3) is 0.654. The summed E-state index contributed by atoms with van der Waals surface area (Å²) < 4.78 is 0. The maximum absolute atomic E-state index is 13.2. The van der Waals surface area contributed by atoms with E-state index in [0.29, 0.717) is 44.3 Å². The van der Waals surface area contributed by atoms with Gasteiger partial charge in [-0.05, 0) is 58.1 Å². The summed E-state index contributed by atoms with van der Waals surface area (Å²) in [5, 5.41) is 0. The third-order valence-corrected chi connectivity index (χ3v) is 7.52. The number of amides is 3. The van der Waals surface area contributed by atoms with Gasteiger partial charge < -0.3 is 14.7 Å². The van der Waals surface area contributed by atoms with E-state index in [0.717, 1.165) is 50.9 Å².